The first-order valence-electron chi connectivity index (χ1n) is 36.6. The molecule has 6 N–H and O–H groups in total. The van der Waals surface area contributed by atoms with E-state index >= 15 is 0 Å². The molecule has 20 nitrogen and oxygen atoms in total. The van der Waals surface area contributed by atoms with Crippen molar-refractivity contribution in [3.8, 4) is 50.6 Å². The smallest absolute Gasteiger partial charge is 0.410 e. The number of likely N-dealkylation sites (tertiary alicyclic amines) is 2. The lowest BCUT2D eigenvalue weighted by molar-refractivity contribution is 0.0271. The molecule has 6 aliphatic rings. The molecule has 3 atom stereocenters. The fourth-order valence-corrected chi connectivity index (χ4v) is 14.2. The second-order valence-corrected chi connectivity index (χ2v) is 30.1. The van der Waals surface area contributed by atoms with Crippen LogP contribution in [0.3, 0.4) is 0 Å². The number of methoxy groups -OCH3 is 3. The number of aliphatic imine (C=N–C) groups is 3. The highest BCUT2D eigenvalue weighted by Crippen LogP contribution is 2.39. The number of nitrogens with one attached hydrogen (secondary N) is 3. The van der Waals surface area contributed by atoms with Crippen molar-refractivity contribution >= 4 is 47.9 Å². The van der Waals surface area contributed by atoms with Gasteiger partial charge in [-0.05, 0) is 225 Å². The highest BCUT2D eigenvalue weighted by molar-refractivity contribution is 6.01. The minimum absolute atomic E-state index is 0.146. The van der Waals surface area contributed by atoms with Crippen molar-refractivity contribution in [3.63, 3.8) is 0 Å². The van der Waals surface area contributed by atoms with E-state index in [1.54, 1.807) is 85.7 Å². The summed E-state index contributed by atoms with van der Waals surface area (Å²) in [6, 6.07) is 60.9. The summed E-state index contributed by atoms with van der Waals surface area (Å²) in [5, 5.41) is 18.8. The maximum atomic E-state index is 14.1. The molecular weight excluding hydrogens is 1420 g/mol. The Morgan fingerprint density at radius 3 is 1.23 bits per heavy atom. The van der Waals surface area contributed by atoms with Crippen molar-refractivity contribution in [3.05, 3.63) is 267 Å². The van der Waals surface area contributed by atoms with Gasteiger partial charge in [-0.1, -0.05) is 109 Å². The van der Waals surface area contributed by atoms with Crippen LogP contribution in [0.2, 0.25) is 0 Å². The molecule has 6 aliphatic heterocycles. The van der Waals surface area contributed by atoms with E-state index in [2.05, 4.69) is 30.9 Å². The minimum Gasteiger partial charge on any atom is -0.497 e. The van der Waals surface area contributed by atoms with Crippen LogP contribution >= 0.6 is 0 Å². The molecule has 9 aromatic rings. The van der Waals surface area contributed by atoms with Gasteiger partial charge >= 0.3 is 18.2 Å². The van der Waals surface area contributed by atoms with Gasteiger partial charge in [-0.15, -0.1) is 0 Å². The number of hydrogen-bond acceptors (Lipinski definition) is 15. The molecule has 3 saturated heterocycles. The zero-order valence-electron chi connectivity index (χ0n) is 63.5. The summed E-state index contributed by atoms with van der Waals surface area (Å²) in [4.78, 5) is 77.7. The maximum Gasteiger partial charge on any atom is 0.410 e. The minimum atomic E-state index is -0.976. The number of carbonyl (C=O) groups excluding carboxylic acids is 4. The molecule has 574 valence electrons. The normalized spacial score (nSPS) is 18.5. The van der Waals surface area contributed by atoms with Gasteiger partial charge in [0.05, 0.1) is 69.7 Å². The zero-order valence-corrected chi connectivity index (χ0v) is 63.5. The van der Waals surface area contributed by atoms with Crippen LogP contribution in [-0.2, 0) is 45.7 Å². The molecule has 0 aliphatic carbocycles. The predicted molar refractivity (Wildman–Crippen MR) is 422 cm³/mol. The van der Waals surface area contributed by atoms with Gasteiger partial charge in [0.25, 0.3) is 11.8 Å². The number of benzene rings is 9. The Hall–Kier alpha value is -12.0. The van der Waals surface area contributed by atoms with Crippen molar-refractivity contribution in [2.45, 2.75) is 108 Å². The summed E-state index contributed by atoms with van der Waals surface area (Å²) >= 11 is 0. The van der Waals surface area contributed by atoms with Crippen LogP contribution in [0.5, 0.6) is 17.2 Å². The van der Waals surface area contributed by atoms with Gasteiger partial charge in [0.1, 0.15) is 28.5 Å². The van der Waals surface area contributed by atoms with Gasteiger partial charge in [0.2, 0.25) is 17.9 Å². The number of ether oxygens (including phenoxy) is 5. The van der Waals surface area contributed by atoms with E-state index in [0.717, 1.165) is 91.2 Å². The number of hydrogen-bond donors (Lipinski definition) is 5. The number of rotatable bonds is 14. The topological polar surface area (TPSA) is 257 Å². The number of carbonyl (C=O) groups is 5. The van der Waals surface area contributed by atoms with Crippen LogP contribution in [0.15, 0.2) is 215 Å². The Bertz CT molecular complexity index is 5120. The van der Waals surface area contributed by atoms with E-state index in [0.29, 0.717) is 92.2 Å². The van der Waals surface area contributed by atoms with Crippen LogP contribution in [0.4, 0.5) is 22.8 Å². The molecule has 3 fully saturated rings. The third kappa shape index (κ3) is 18.5. The monoisotopic (exact) mass is 1510 g/mol. The largest absolute Gasteiger partial charge is 0.497 e. The van der Waals surface area contributed by atoms with Crippen molar-refractivity contribution in [2.75, 3.05) is 60.6 Å². The summed E-state index contributed by atoms with van der Waals surface area (Å²) in [5.41, 5.74) is 16.5. The van der Waals surface area contributed by atoms with Gasteiger partial charge < -0.3 is 60.3 Å². The van der Waals surface area contributed by atoms with Gasteiger partial charge in [0.15, 0.2) is 0 Å². The van der Waals surface area contributed by atoms with Crippen molar-refractivity contribution < 1.29 is 65.9 Å². The molecule has 9 aromatic carbocycles. The lowest BCUT2D eigenvalue weighted by Gasteiger charge is -2.32. The lowest BCUT2D eigenvalue weighted by Crippen LogP contribution is -2.49. The summed E-state index contributed by atoms with van der Waals surface area (Å²) in [7, 11) is 4.86. The average molecular weight is 1510 g/mol. The number of carboxylic acids is 1. The van der Waals surface area contributed by atoms with Gasteiger partial charge in [0, 0.05) is 54.0 Å². The first kappa shape index (κ1) is 78.6. The molecule has 111 heavy (non-hydrogen) atoms. The number of amides is 4. The summed E-state index contributed by atoms with van der Waals surface area (Å²) in [5.74, 6) is -0.549. The van der Waals surface area contributed by atoms with E-state index in [1.165, 1.54) is 6.07 Å². The van der Waals surface area contributed by atoms with Crippen molar-refractivity contribution in [2.24, 2.45) is 20.7 Å². The quantitative estimate of drug-likeness (QED) is 0.0679. The number of fused-ring (bicyclic) bond motifs is 3. The molecule has 0 radical (unpaired) electrons. The fourth-order valence-electron chi connectivity index (χ4n) is 14.2. The molecule has 0 bridgehead atoms. The number of halogens is 3. The van der Waals surface area contributed by atoms with E-state index in [4.69, 9.17) is 34.5 Å². The van der Waals surface area contributed by atoms with Crippen LogP contribution < -0.4 is 35.9 Å². The molecule has 0 spiro atoms. The summed E-state index contributed by atoms with van der Waals surface area (Å²) < 4.78 is 68.6. The van der Waals surface area contributed by atoms with Gasteiger partial charge in [-0.2, -0.15) is 13.2 Å². The number of nitrogens with two attached hydrogens (primary N) is 1. The van der Waals surface area contributed by atoms with E-state index in [-0.39, 0.29) is 30.0 Å². The second-order valence-electron chi connectivity index (χ2n) is 30.1. The van der Waals surface area contributed by atoms with Crippen LogP contribution in [0, 0.1) is 0 Å². The Morgan fingerprint density at radius 2 is 0.820 bits per heavy atom. The van der Waals surface area contributed by atoms with Gasteiger partial charge in [-0.3, -0.25) is 24.6 Å². The first-order valence-corrected chi connectivity index (χ1v) is 36.6. The van der Waals surface area contributed by atoms with E-state index in [9.17, 15) is 37.1 Å². The highest BCUT2D eigenvalue weighted by atomic mass is 19.1. The van der Waals surface area contributed by atoms with Crippen LogP contribution in [0.25, 0.3) is 33.4 Å². The van der Waals surface area contributed by atoms with E-state index < -0.39 is 57.8 Å². The SMILES string of the molecule is COc1cccc(C2(N)CCN(C(=O)OC(C)(C)C)C2)c1.COc1cccc(C2(NC(=O)c3cccc(-c4ccc5c(c4)C(F)=NC5)c3)CCN(C(=O)OC(C)(C)C)C2)c1.COc1cccc(C2(NC(=O)c3cccc(-c4ccc5c(c4)C(F)=NC5)c3)CCNC2)c1.O=C(O)c1cccc(-c2ccc3c(c2)C(F)=NC3)c1. The van der Waals surface area contributed by atoms with Crippen LogP contribution in [0.1, 0.15) is 142 Å². The Kier molecular flexibility index (Phi) is 23.4. The number of carboxylic acid groups (broad SMARTS) is 1. The Labute approximate surface area is 643 Å². The molecular formula is C88H90F3N9O11. The standard InChI is InChI=1S/C31H32FN3O4.C26H24FN3O2.C16H24N2O3.C15H10FNO2/c1-30(2,3)39-29(37)35-14-13-31(19-35,24-9-6-10-25(17-24)38-4)34-28(36)22-8-5-7-20(15-22)21-11-12-23-18-33-27(32)26(23)16-21;1-32-22-7-3-6-21(14-22)26(10-11-28-16-26)30-25(31)19-5-2-4-17(12-19)18-8-9-20-15-29-24(27)23(20)13-18;1-15(2,3)21-14(19)18-9-8-16(17,11-18)12-6-5-7-13(10-12)20-4;16-14-13-7-10(4-5-12(13)8-17-14)9-2-1-3-11(6-9)15(18)19/h5-12,15-17H,13-14,18-19H2,1-4H3,(H,34,36);2-9,12-14,28H,10-11,15-16H2,1H3,(H,30,31);5-7,10H,8-9,11,17H2,1-4H3;1-7H,8H2,(H,18,19). The molecule has 6 heterocycles. The van der Waals surface area contributed by atoms with Gasteiger partial charge in [-0.25, -0.2) is 14.4 Å². The molecule has 23 heteroatoms. The Morgan fingerprint density at radius 1 is 0.450 bits per heavy atom. The molecule has 0 aromatic heterocycles. The van der Waals surface area contributed by atoms with E-state index in [1.807, 2.05) is 181 Å². The Balaban J connectivity index is 0.000000143. The molecule has 3 unspecified atom stereocenters. The first-order chi connectivity index (χ1) is 53.0. The molecule has 15 rings (SSSR count). The third-order valence-electron chi connectivity index (χ3n) is 20.1. The maximum absolute atomic E-state index is 14.1. The fraction of sp³-hybridized carbons (Fsp3) is 0.295. The lowest BCUT2D eigenvalue weighted by atomic mass is 9.88. The average Bonchev–Trinajstić information content (AvgIpc) is 1.72. The highest BCUT2D eigenvalue weighted by Gasteiger charge is 2.45. The number of nitrogens with zero attached hydrogens (tertiary/aromatic N) is 5. The van der Waals surface area contributed by atoms with Crippen molar-refractivity contribution in [1.82, 2.24) is 25.8 Å². The van der Waals surface area contributed by atoms with Crippen molar-refractivity contribution in [1.29, 1.82) is 0 Å². The van der Waals surface area contributed by atoms with Crippen LogP contribution in [-0.4, -0.2) is 135 Å². The molecule has 0 saturated carbocycles. The number of aromatic carboxylic acids is 1. The molecule has 4 amide bonds. The predicted octanol–water partition coefficient (Wildman–Crippen LogP) is 15.8. The summed E-state index contributed by atoms with van der Waals surface area (Å²) in [6.07, 6.45) is 1.27. The zero-order chi connectivity index (χ0) is 79.0. The third-order valence-corrected chi connectivity index (χ3v) is 20.1. The summed E-state index contributed by atoms with van der Waals surface area (Å²) in [6.45, 7) is 15.4. The second kappa shape index (κ2) is 33.1.